The number of methoxy groups -OCH3 is 1. The molecule has 2 rings (SSSR count). The quantitative estimate of drug-likeness (QED) is 0.584. The normalized spacial score (nSPS) is 11.0. The summed E-state index contributed by atoms with van der Waals surface area (Å²) in [6, 6.07) is 12.5. The molecule has 0 bridgehead atoms. The largest absolute Gasteiger partial charge is 0.495 e. The first-order chi connectivity index (χ1) is 13.2. The number of hydrogen-bond donors (Lipinski definition) is 2. The summed E-state index contributed by atoms with van der Waals surface area (Å²) in [4.78, 5) is 25.3. The summed E-state index contributed by atoms with van der Waals surface area (Å²) in [7, 11) is 1.53. The lowest BCUT2D eigenvalue weighted by Crippen LogP contribution is -2.19. The Morgan fingerprint density at radius 3 is 2.50 bits per heavy atom. The molecule has 0 aliphatic rings. The van der Waals surface area contributed by atoms with E-state index in [1.54, 1.807) is 18.2 Å². The van der Waals surface area contributed by atoms with Crippen molar-refractivity contribution in [2.24, 2.45) is 5.41 Å². The van der Waals surface area contributed by atoms with Crippen molar-refractivity contribution in [3.8, 4) is 5.75 Å². The number of hydrogen-bond acceptors (Lipinski definition) is 4. The number of halogens is 1. The van der Waals surface area contributed by atoms with Crippen LogP contribution in [0.2, 0.25) is 5.02 Å². The summed E-state index contributed by atoms with van der Waals surface area (Å²) in [6.45, 7) is 6.06. The van der Waals surface area contributed by atoms with E-state index in [1.807, 2.05) is 45.0 Å². The Morgan fingerprint density at radius 1 is 1.07 bits per heavy atom. The van der Waals surface area contributed by atoms with Gasteiger partial charge in [-0.25, -0.2) is 0 Å². The number of carbonyl (C=O) groups excluding carboxylic acids is 2. The number of nitrogens with one attached hydrogen (secondary N) is 2. The molecular formula is C21H25ClN2O3S. The van der Waals surface area contributed by atoms with Crippen molar-refractivity contribution in [1.29, 1.82) is 0 Å². The van der Waals surface area contributed by atoms with Crippen molar-refractivity contribution in [2.45, 2.75) is 32.1 Å². The van der Waals surface area contributed by atoms with Crippen LogP contribution in [0.15, 0.2) is 47.4 Å². The van der Waals surface area contributed by atoms with Crippen LogP contribution in [0.25, 0.3) is 0 Å². The van der Waals surface area contributed by atoms with Crippen molar-refractivity contribution in [3.05, 3.63) is 47.5 Å². The van der Waals surface area contributed by atoms with E-state index >= 15 is 0 Å². The van der Waals surface area contributed by atoms with Gasteiger partial charge < -0.3 is 15.4 Å². The molecule has 0 fully saturated rings. The molecule has 0 spiro atoms. The van der Waals surface area contributed by atoms with E-state index < -0.39 is 0 Å². The summed E-state index contributed by atoms with van der Waals surface area (Å²) in [6.07, 6.45) is 0.439. The maximum Gasteiger partial charge on any atom is 0.234 e. The van der Waals surface area contributed by atoms with Crippen LogP contribution in [0.3, 0.4) is 0 Å². The molecule has 0 unspecified atom stereocenters. The Kier molecular flexibility index (Phi) is 7.78. The number of rotatable bonds is 7. The van der Waals surface area contributed by atoms with Gasteiger partial charge in [-0.2, -0.15) is 0 Å². The summed E-state index contributed by atoms with van der Waals surface area (Å²) in [5.41, 5.74) is 1.18. The van der Waals surface area contributed by atoms with Crippen molar-refractivity contribution in [2.75, 3.05) is 23.5 Å². The lowest BCUT2D eigenvalue weighted by Gasteiger charge is -2.17. The molecule has 2 aromatic carbocycles. The minimum Gasteiger partial charge on any atom is -0.495 e. The van der Waals surface area contributed by atoms with Crippen LogP contribution >= 0.6 is 23.4 Å². The third kappa shape index (κ3) is 7.44. The standard InChI is InChI=1S/C21H25ClN2O3S/c1-21(2,3)12-19(25)23-15-6-5-7-16(11-15)28-13-20(26)24-17-10-14(22)8-9-18(17)27-4/h5-11H,12-13H2,1-4H3,(H,23,25)(H,24,26). The van der Waals surface area contributed by atoms with Gasteiger partial charge in [-0.05, 0) is 41.8 Å². The summed E-state index contributed by atoms with van der Waals surface area (Å²) >= 11 is 7.37. The predicted molar refractivity (Wildman–Crippen MR) is 117 cm³/mol. The van der Waals surface area contributed by atoms with Gasteiger partial charge in [0.1, 0.15) is 5.75 Å². The van der Waals surface area contributed by atoms with Crippen molar-refractivity contribution >= 4 is 46.6 Å². The molecule has 7 heteroatoms. The van der Waals surface area contributed by atoms with Crippen LogP contribution in [0.5, 0.6) is 5.75 Å². The molecule has 0 heterocycles. The van der Waals surface area contributed by atoms with Gasteiger partial charge in [0.25, 0.3) is 0 Å². The first-order valence-electron chi connectivity index (χ1n) is 8.82. The third-order valence-corrected chi connectivity index (χ3v) is 4.84. The fourth-order valence-corrected chi connectivity index (χ4v) is 3.39. The molecule has 2 N–H and O–H groups in total. The molecule has 5 nitrogen and oxygen atoms in total. The number of benzene rings is 2. The average Bonchev–Trinajstić information content (AvgIpc) is 2.59. The molecule has 0 saturated carbocycles. The molecule has 0 aliphatic carbocycles. The Labute approximate surface area is 175 Å². The summed E-state index contributed by atoms with van der Waals surface area (Å²) in [5, 5.41) is 6.23. The van der Waals surface area contributed by atoms with E-state index in [0.717, 1.165) is 10.6 Å². The van der Waals surface area contributed by atoms with Crippen molar-refractivity contribution in [1.82, 2.24) is 0 Å². The molecule has 0 radical (unpaired) electrons. The van der Waals surface area contributed by atoms with E-state index in [9.17, 15) is 9.59 Å². The molecule has 0 aromatic heterocycles. The van der Waals surface area contributed by atoms with Crippen LogP contribution in [-0.4, -0.2) is 24.7 Å². The maximum atomic E-state index is 12.3. The van der Waals surface area contributed by atoms with Crippen LogP contribution < -0.4 is 15.4 Å². The molecule has 150 valence electrons. The number of ether oxygens (including phenoxy) is 1. The second-order valence-corrected chi connectivity index (χ2v) is 8.98. The summed E-state index contributed by atoms with van der Waals surface area (Å²) < 4.78 is 5.23. The second-order valence-electron chi connectivity index (χ2n) is 7.49. The molecule has 0 atom stereocenters. The lowest BCUT2D eigenvalue weighted by atomic mass is 9.92. The van der Waals surface area contributed by atoms with E-state index in [2.05, 4.69) is 10.6 Å². The van der Waals surface area contributed by atoms with Gasteiger partial charge in [0.2, 0.25) is 11.8 Å². The Hall–Kier alpha value is -2.18. The highest BCUT2D eigenvalue weighted by molar-refractivity contribution is 8.00. The van der Waals surface area contributed by atoms with Crippen LogP contribution in [0, 0.1) is 5.41 Å². The lowest BCUT2D eigenvalue weighted by molar-refractivity contribution is -0.118. The van der Waals surface area contributed by atoms with E-state index in [4.69, 9.17) is 16.3 Å². The SMILES string of the molecule is COc1ccc(Cl)cc1NC(=O)CSc1cccc(NC(=O)CC(C)(C)C)c1. The predicted octanol–water partition coefficient (Wildman–Crippen LogP) is 5.45. The molecule has 2 aromatic rings. The number of thioether (sulfide) groups is 1. The van der Waals surface area contributed by atoms with Gasteiger partial charge in [-0.3, -0.25) is 9.59 Å². The van der Waals surface area contributed by atoms with Crippen molar-refractivity contribution < 1.29 is 14.3 Å². The van der Waals surface area contributed by atoms with E-state index in [-0.39, 0.29) is 23.0 Å². The fraction of sp³-hybridized carbons (Fsp3) is 0.333. The number of amides is 2. The van der Waals surface area contributed by atoms with E-state index in [1.165, 1.54) is 18.9 Å². The topological polar surface area (TPSA) is 67.4 Å². The maximum absolute atomic E-state index is 12.3. The Balaban J connectivity index is 1.93. The zero-order valence-electron chi connectivity index (χ0n) is 16.5. The van der Waals surface area contributed by atoms with Crippen LogP contribution in [0.4, 0.5) is 11.4 Å². The Bertz CT molecular complexity index is 850. The highest BCUT2D eigenvalue weighted by atomic mass is 35.5. The van der Waals surface area contributed by atoms with Gasteiger partial charge in [-0.1, -0.05) is 38.4 Å². The van der Waals surface area contributed by atoms with Gasteiger partial charge in [0.15, 0.2) is 0 Å². The minimum absolute atomic E-state index is 0.0274. The van der Waals surface area contributed by atoms with Gasteiger partial charge >= 0.3 is 0 Å². The highest BCUT2D eigenvalue weighted by Crippen LogP contribution is 2.28. The zero-order chi connectivity index (χ0) is 20.7. The second kappa shape index (κ2) is 9.85. The van der Waals surface area contributed by atoms with Gasteiger partial charge in [-0.15, -0.1) is 11.8 Å². The van der Waals surface area contributed by atoms with Crippen LogP contribution in [-0.2, 0) is 9.59 Å². The Morgan fingerprint density at radius 2 is 1.82 bits per heavy atom. The first-order valence-corrected chi connectivity index (χ1v) is 10.2. The highest BCUT2D eigenvalue weighted by Gasteiger charge is 2.16. The van der Waals surface area contributed by atoms with Gasteiger partial charge in [0.05, 0.1) is 18.6 Å². The molecule has 0 saturated heterocycles. The monoisotopic (exact) mass is 420 g/mol. The molecule has 0 aliphatic heterocycles. The van der Waals surface area contributed by atoms with Crippen LogP contribution in [0.1, 0.15) is 27.2 Å². The van der Waals surface area contributed by atoms with Gasteiger partial charge in [0, 0.05) is 22.0 Å². The van der Waals surface area contributed by atoms with E-state index in [0.29, 0.717) is 22.9 Å². The van der Waals surface area contributed by atoms with Crippen molar-refractivity contribution in [3.63, 3.8) is 0 Å². The molecular weight excluding hydrogens is 396 g/mol. The first kappa shape index (κ1) is 22.1. The number of carbonyl (C=O) groups is 2. The minimum atomic E-state index is -0.173. The summed E-state index contributed by atoms with van der Waals surface area (Å²) in [5.74, 6) is 0.564. The zero-order valence-corrected chi connectivity index (χ0v) is 18.0. The third-order valence-electron chi connectivity index (χ3n) is 3.61. The molecule has 28 heavy (non-hydrogen) atoms. The smallest absolute Gasteiger partial charge is 0.234 e. The fourth-order valence-electron chi connectivity index (χ4n) is 2.46. The average molecular weight is 421 g/mol. The molecule has 2 amide bonds. The number of anilines is 2.